The summed E-state index contributed by atoms with van der Waals surface area (Å²) in [4.78, 5) is 26.8. The molecule has 2 aliphatic carbocycles. The number of nitrogens with zero attached hydrogens (tertiary/aromatic N) is 2. The van der Waals surface area contributed by atoms with Crippen LogP contribution in [-0.4, -0.2) is 28.2 Å². The van der Waals surface area contributed by atoms with E-state index in [1.54, 1.807) is 0 Å². The molecule has 1 N–H and O–H groups in total. The van der Waals surface area contributed by atoms with Gasteiger partial charge in [-0.3, -0.25) is 4.79 Å². The number of pyridine rings is 1. The number of carbonyl (C=O) groups is 1. The molecule has 1 aliphatic heterocycles. The first kappa shape index (κ1) is 17.5. The van der Waals surface area contributed by atoms with Crippen molar-refractivity contribution in [3.63, 3.8) is 0 Å². The van der Waals surface area contributed by atoms with Gasteiger partial charge in [0.2, 0.25) is 5.43 Å². The summed E-state index contributed by atoms with van der Waals surface area (Å²) < 4.78 is 1.93. The van der Waals surface area contributed by atoms with Crippen LogP contribution in [0.2, 0.25) is 5.02 Å². The maximum atomic E-state index is 12.8. The predicted molar refractivity (Wildman–Crippen MR) is 111 cm³/mol. The van der Waals surface area contributed by atoms with Gasteiger partial charge in [0.05, 0.1) is 16.2 Å². The molecule has 2 bridgehead atoms. The Morgan fingerprint density at radius 2 is 1.93 bits per heavy atom. The Morgan fingerprint density at radius 1 is 1.19 bits per heavy atom. The first-order chi connectivity index (χ1) is 13.0. The summed E-state index contributed by atoms with van der Waals surface area (Å²) in [5, 5.41) is 11.3. The molecule has 2 saturated carbocycles. The number of fused-ring (bicyclic) bond motifs is 3. The Balaban J connectivity index is 1.77. The highest BCUT2D eigenvalue weighted by Crippen LogP contribution is 2.44. The molecule has 2 aromatic rings. The van der Waals surface area contributed by atoms with Gasteiger partial charge in [-0.2, -0.15) is 0 Å². The molecule has 3 fully saturated rings. The SMILES string of the molecule is O=C(O)c1cn(C2CC2)c2c(Cl)c(N3CCC4CCC3C4)c(P)cc2c1=O. The largest absolute Gasteiger partial charge is 0.477 e. The highest BCUT2D eigenvalue weighted by molar-refractivity contribution is 7.28. The van der Waals surface area contributed by atoms with Gasteiger partial charge in [-0.1, -0.05) is 11.6 Å². The Labute approximate surface area is 164 Å². The summed E-state index contributed by atoms with van der Waals surface area (Å²) in [7, 11) is 2.71. The molecule has 5 nitrogen and oxygen atoms in total. The van der Waals surface area contributed by atoms with Crippen LogP contribution in [0.25, 0.3) is 10.9 Å². The third-order valence-electron chi connectivity index (χ3n) is 6.45. The molecule has 1 aromatic heterocycles. The summed E-state index contributed by atoms with van der Waals surface area (Å²) in [6.45, 7) is 0.989. The Bertz CT molecular complexity index is 1030. The fraction of sp³-hybridized carbons (Fsp3) is 0.500. The number of carboxylic acid groups (broad SMARTS) is 1. The maximum Gasteiger partial charge on any atom is 0.341 e. The van der Waals surface area contributed by atoms with Gasteiger partial charge in [-0.15, -0.1) is 9.24 Å². The average Bonchev–Trinajstić information content (AvgIpc) is 3.40. The number of benzene rings is 1. The summed E-state index contributed by atoms with van der Waals surface area (Å²) in [5.41, 5.74) is 1.05. The molecule has 3 aliphatic rings. The van der Waals surface area contributed by atoms with Crippen molar-refractivity contribution in [1.29, 1.82) is 0 Å². The fourth-order valence-electron chi connectivity index (χ4n) is 4.96. The lowest BCUT2D eigenvalue weighted by molar-refractivity contribution is 0.0695. The van der Waals surface area contributed by atoms with Gasteiger partial charge in [0, 0.05) is 30.2 Å². The zero-order valence-corrected chi connectivity index (χ0v) is 16.9. The van der Waals surface area contributed by atoms with E-state index in [2.05, 4.69) is 14.1 Å². The van der Waals surface area contributed by atoms with Gasteiger partial charge in [0.15, 0.2) is 0 Å². The van der Waals surface area contributed by atoms with Crippen molar-refractivity contribution in [2.45, 2.75) is 50.6 Å². The van der Waals surface area contributed by atoms with Gasteiger partial charge < -0.3 is 14.6 Å². The van der Waals surface area contributed by atoms with Gasteiger partial charge in [-0.25, -0.2) is 4.79 Å². The fourth-order valence-corrected chi connectivity index (χ4v) is 5.94. The highest BCUT2D eigenvalue weighted by Gasteiger charge is 2.37. The molecule has 3 unspecified atom stereocenters. The minimum absolute atomic E-state index is 0.181. The predicted octanol–water partition coefficient (Wildman–Crippen LogP) is 3.57. The standard InChI is InChI=1S/C20H22ClN2O3P/c21-16-17-13(19(24)14(20(25)26)9-23(17)11-3-4-11)8-15(27)18(16)22-6-5-10-1-2-12(22)7-10/h8-12H,1-7,27H2,(H,25,26). The molecule has 0 amide bonds. The van der Waals surface area contributed by atoms with Crippen molar-refractivity contribution in [3.8, 4) is 0 Å². The zero-order valence-electron chi connectivity index (χ0n) is 14.9. The molecule has 2 heterocycles. The number of rotatable bonds is 3. The van der Waals surface area contributed by atoms with E-state index in [0.29, 0.717) is 22.0 Å². The first-order valence-corrected chi connectivity index (χ1v) is 10.6. The number of aromatic nitrogens is 1. The summed E-state index contributed by atoms with van der Waals surface area (Å²) in [5.74, 6) is -0.351. The molecule has 1 saturated heterocycles. The second-order valence-electron chi connectivity index (χ2n) is 8.16. The topological polar surface area (TPSA) is 62.5 Å². The summed E-state index contributed by atoms with van der Waals surface area (Å²) in [6.07, 6.45) is 8.33. The van der Waals surface area contributed by atoms with E-state index in [9.17, 15) is 14.7 Å². The van der Waals surface area contributed by atoms with Crippen LogP contribution in [0.1, 0.15) is 54.9 Å². The van der Waals surface area contributed by atoms with E-state index in [1.165, 1.54) is 31.9 Å². The van der Waals surface area contributed by atoms with Crippen LogP contribution < -0.4 is 15.6 Å². The number of hydrogen-bond acceptors (Lipinski definition) is 3. The van der Waals surface area contributed by atoms with Crippen molar-refractivity contribution in [1.82, 2.24) is 4.57 Å². The maximum absolute atomic E-state index is 12.8. The monoisotopic (exact) mass is 404 g/mol. The molecule has 1 aromatic carbocycles. The summed E-state index contributed by atoms with van der Waals surface area (Å²) in [6, 6.07) is 2.55. The molecule has 0 radical (unpaired) electrons. The molecular formula is C20H22ClN2O3P. The van der Waals surface area contributed by atoms with E-state index < -0.39 is 11.4 Å². The molecule has 7 heteroatoms. The van der Waals surface area contributed by atoms with E-state index >= 15 is 0 Å². The lowest BCUT2D eigenvalue weighted by Gasteiger charge is -2.37. The number of halogens is 1. The second-order valence-corrected chi connectivity index (χ2v) is 9.15. The van der Waals surface area contributed by atoms with Crippen molar-refractivity contribution >= 4 is 48.7 Å². The van der Waals surface area contributed by atoms with Gasteiger partial charge in [-0.05, 0) is 55.8 Å². The first-order valence-electron chi connectivity index (χ1n) is 9.62. The molecule has 27 heavy (non-hydrogen) atoms. The van der Waals surface area contributed by atoms with E-state index in [1.807, 2.05) is 10.6 Å². The van der Waals surface area contributed by atoms with Gasteiger partial charge >= 0.3 is 5.97 Å². The third kappa shape index (κ3) is 2.70. The number of piperidine rings is 1. The van der Waals surface area contributed by atoms with Gasteiger partial charge in [0.25, 0.3) is 0 Å². The van der Waals surface area contributed by atoms with E-state index in [-0.39, 0.29) is 11.6 Å². The average molecular weight is 405 g/mol. The van der Waals surface area contributed by atoms with Crippen LogP contribution in [0.3, 0.4) is 0 Å². The number of carboxylic acids is 1. The Kier molecular flexibility index (Phi) is 4.03. The summed E-state index contributed by atoms with van der Waals surface area (Å²) >= 11 is 6.93. The molecule has 5 rings (SSSR count). The van der Waals surface area contributed by atoms with E-state index in [4.69, 9.17) is 11.6 Å². The van der Waals surface area contributed by atoms with E-state index in [0.717, 1.165) is 36.3 Å². The normalized spacial score (nSPS) is 24.6. The van der Waals surface area contributed by atoms with Crippen LogP contribution in [0.5, 0.6) is 0 Å². The van der Waals surface area contributed by atoms with Crippen LogP contribution >= 0.6 is 20.8 Å². The lowest BCUT2D eigenvalue weighted by atomic mass is 9.98. The molecule has 0 spiro atoms. The van der Waals surface area contributed by atoms with Crippen molar-refractivity contribution < 1.29 is 9.90 Å². The molecule has 142 valence electrons. The van der Waals surface area contributed by atoms with Crippen LogP contribution in [0.4, 0.5) is 5.69 Å². The van der Waals surface area contributed by atoms with Crippen molar-refractivity contribution in [2.75, 3.05) is 11.4 Å². The smallest absolute Gasteiger partial charge is 0.341 e. The van der Waals surface area contributed by atoms with Crippen LogP contribution in [0.15, 0.2) is 17.1 Å². The van der Waals surface area contributed by atoms with Crippen LogP contribution in [-0.2, 0) is 0 Å². The van der Waals surface area contributed by atoms with Gasteiger partial charge in [0.1, 0.15) is 5.56 Å². The number of aromatic carboxylic acids is 1. The zero-order chi connectivity index (χ0) is 18.9. The molecular weight excluding hydrogens is 383 g/mol. The third-order valence-corrected chi connectivity index (χ3v) is 7.25. The number of anilines is 1. The second kappa shape index (κ2) is 6.22. The lowest BCUT2D eigenvalue weighted by Crippen LogP contribution is -2.40. The minimum Gasteiger partial charge on any atom is -0.477 e. The van der Waals surface area contributed by atoms with Crippen molar-refractivity contribution in [2.24, 2.45) is 5.92 Å². The Morgan fingerprint density at radius 3 is 2.63 bits per heavy atom. The van der Waals surface area contributed by atoms with Crippen LogP contribution in [0, 0.1) is 5.92 Å². The molecule has 3 atom stereocenters. The van der Waals surface area contributed by atoms with Crippen molar-refractivity contribution in [3.05, 3.63) is 33.1 Å². The minimum atomic E-state index is -1.19. The number of hydrogen-bond donors (Lipinski definition) is 1. The highest BCUT2D eigenvalue weighted by atomic mass is 35.5. The Hall–Kier alpha value is -1.58. The quantitative estimate of drug-likeness (QED) is 0.794.